The number of para-hydroxylation sites is 1. The minimum Gasteiger partial charge on any atom is -0.345 e. The first-order valence-electron chi connectivity index (χ1n) is 11.7. The fraction of sp³-hybridized carbons (Fsp3) is 0.0968. The van der Waals surface area contributed by atoms with Gasteiger partial charge in [-0.2, -0.15) is 5.26 Å². The lowest BCUT2D eigenvalue weighted by Crippen LogP contribution is -2.27. The SMILES string of the molecule is C[C@@H](NC(=O)/C(C#N)=C\c1cn(Cc2ccc3ccccc3c2)c2ccccc12)c1ccccc1. The summed E-state index contributed by atoms with van der Waals surface area (Å²) in [4.78, 5) is 12.9. The molecule has 170 valence electrons. The number of carbonyl (C=O) groups excluding carboxylic acids is 1. The maximum Gasteiger partial charge on any atom is 0.262 e. The number of hydrogen-bond donors (Lipinski definition) is 1. The van der Waals surface area contributed by atoms with Crippen molar-refractivity contribution >= 4 is 33.7 Å². The molecule has 5 rings (SSSR count). The molecule has 0 radical (unpaired) electrons. The van der Waals surface area contributed by atoms with Gasteiger partial charge in [-0.05, 0) is 47.0 Å². The molecule has 4 aromatic carbocycles. The zero-order chi connectivity index (χ0) is 24.2. The van der Waals surface area contributed by atoms with Gasteiger partial charge in [0.1, 0.15) is 11.6 Å². The predicted molar refractivity (Wildman–Crippen MR) is 142 cm³/mol. The minimum absolute atomic E-state index is 0.0846. The van der Waals surface area contributed by atoms with Gasteiger partial charge in [-0.25, -0.2) is 0 Å². The summed E-state index contributed by atoms with van der Waals surface area (Å²) in [7, 11) is 0. The Morgan fingerprint density at radius 1 is 0.943 bits per heavy atom. The molecule has 0 spiro atoms. The van der Waals surface area contributed by atoms with Gasteiger partial charge < -0.3 is 9.88 Å². The van der Waals surface area contributed by atoms with Crippen molar-refractivity contribution in [2.24, 2.45) is 0 Å². The maximum absolute atomic E-state index is 12.9. The van der Waals surface area contributed by atoms with Gasteiger partial charge in [0.05, 0.1) is 6.04 Å². The van der Waals surface area contributed by atoms with E-state index in [1.807, 2.05) is 73.8 Å². The number of amides is 1. The highest BCUT2D eigenvalue weighted by atomic mass is 16.1. The third kappa shape index (κ3) is 4.71. The molecule has 1 amide bonds. The van der Waals surface area contributed by atoms with Crippen LogP contribution in [0.4, 0.5) is 0 Å². The Bertz CT molecular complexity index is 1590. The zero-order valence-corrected chi connectivity index (χ0v) is 19.5. The lowest BCUT2D eigenvalue weighted by molar-refractivity contribution is -0.117. The van der Waals surface area contributed by atoms with Gasteiger partial charge >= 0.3 is 0 Å². The molecular formula is C31H25N3O. The van der Waals surface area contributed by atoms with Crippen molar-refractivity contribution in [2.45, 2.75) is 19.5 Å². The fourth-order valence-corrected chi connectivity index (χ4v) is 4.46. The number of rotatable bonds is 6. The van der Waals surface area contributed by atoms with Crippen LogP contribution in [0.2, 0.25) is 0 Å². The van der Waals surface area contributed by atoms with Crippen molar-refractivity contribution in [2.75, 3.05) is 0 Å². The molecule has 0 bridgehead atoms. The molecule has 1 heterocycles. The molecule has 1 aromatic heterocycles. The quantitative estimate of drug-likeness (QED) is 0.231. The number of fused-ring (bicyclic) bond motifs is 2. The van der Waals surface area contributed by atoms with Crippen molar-refractivity contribution in [1.29, 1.82) is 5.26 Å². The summed E-state index contributed by atoms with van der Waals surface area (Å²) in [5.74, 6) is -0.379. The van der Waals surface area contributed by atoms with E-state index in [0.29, 0.717) is 6.54 Å². The predicted octanol–water partition coefficient (Wildman–Crippen LogP) is 6.63. The molecule has 4 nitrogen and oxygen atoms in total. The first-order chi connectivity index (χ1) is 17.1. The number of nitriles is 1. The van der Waals surface area contributed by atoms with E-state index < -0.39 is 0 Å². The molecule has 0 saturated heterocycles. The molecule has 4 heteroatoms. The van der Waals surface area contributed by atoms with Crippen molar-refractivity contribution in [1.82, 2.24) is 9.88 Å². The van der Waals surface area contributed by atoms with Gasteiger partial charge in [0.2, 0.25) is 0 Å². The highest BCUT2D eigenvalue weighted by Gasteiger charge is 2.15. The van der Waals surface area contributed by atoms with E-state index in [4.69, 9.17) is 0 Å². The molecule has 0 fully saturated rings. The van der Waals surface area contributed by atoms with Crippen LogP contribution in [0.5, 0.6) is 0 Å². The Labute approximate surface area is 204 Å². The van der Waals surface area contributed by atoms with Crippen LogP contribution in [0.15, 0.2) is 109 Å². The summed E-state index contributed by atoms with van der Waals surface area (Å²) in [5, 5.41) is 16.1. The molecular weight excluding hydrogens is 430 g/mol. The molecule has 35 heavy (non-hydrogen) atoms. The molecule has 5 aromatic rings. The van der Waals surface area contributed by atoms with Crippen LogP contribution < -0.4 is 5.32 Å². The summed E-state index contributed by atoms with van der Waals surface area (Å²) in [6.45, 7) is 2.61. The van der Waals surface area contributed by atoms with Crippen LogP contribution in [0, 0.1) is 11.3 Å². The molecule has 0 aliphatic heterocycles. The van der Waals surface area contributed by atoms with Gasteiger partial charge in [-0.1, -0.05) is 84.9 Å². The van der Waals surface area contributed by atoms with Crippen molar-refractivity contribution in [3.8, 4) is 6.07 Å². The van der Waals surface area contributed by atoms with E-state index in [-0.39, 0.29) is 17.5 Å². The third-order valence-corrected chi connectivity index (χ3v) is 6.30. The van der Waals surface area contributed by atoms with Crippen LogP contribution in [0.3, 0.4) is 0 Å². The Hall–Kier alpha value is -4.62. The molecule has 0 unspecified atom stereocenters. The van der Waals surface area contributed by atoms with Gasteiger partial charge in [0, 0.05) is 29.2 Å². The molecule has 1 N–H and O–H groups in total. The molecule has 0 aliphatic rings. The third-order valence-electron chi connectivity index (χ3n) is 6.30. The lowest BCUT2D eigenvalue weighted by atomic mass is 10.1. The Kier molecular flexibility index (Phi) is 6.15. The number of benzene rings is 4. The second-order valence-corrected chi connectivity index (χ2v) is 8.69. The van der Waals surface area contributed by atoms with E-state index in [1.54, 1.807) is 6.08 Å². The topological polar surface area (TPSA) is 57.8 Å². The standard InChI is InChI=1S/C31H25N3O/c1-22(24-9-3-2-4-10-24)33-31(35)27(19-32)18-28-21-34(30-14-8-7-13-29(28)30)20-23-15-16-25-11-5-6-12-26(25)17-23/h2-18,21-22H,20H2,1H3,(H,33,35)/b27-18-/t22-/m1/s1. The zero-order valence-electron chi connectivity index (χ0n) is 19.5. The van der Waals surface area contributed by atoms with Gasteiger partial charge in [0.15, 0.2) is 0 Å². The lowest BCUT2D eigenvalue weighted by Gasteiger charge is -2.13. The van der Waals surface area contributed by atoms with Crippen molar-refractivity contribution in [3.63, 3.8) is 0 Å². The normalized spacial score (nSPS) is 12.4. The first kappa shape index (κ1) is 22.2. The van der Waals surface area contributed by atoms with Crippen LogP contribution in [0.1, 0.15) is 29.7 Å². The molecule has 0 aliphatic carbocycles. The summed E-state index contributed by atoms with van der Waals surface area (Å²) in [6.07, 6.45) is 3.71. The highest BCUT2D eigenvalue weighted by Crippen LogP contribution is 2.26. The summed E-state index contributed by atoms with van der Waals surface area (Å²) in [5.41, 5.74) is 4.17. The molecule has 1 atom stereocenters. The Morgan fingerprint density at radius 2 is 1.66 bits per heavy atom. The Balaban J connectivity index is 1.45. The fourth-order valence-electron chi connectivity index (χ4n) is 4.46. The molecule has 0 saturated carbocycles. The largest absolute Gasteiger partial charge is 0.345 e. The van der Waals surface area contributed by atoms with E-state index in [9.17, 15) is 10.1 Å². The minimum atomic E-state index is -0.379. The van der Waals surface area contributed by atoms with Crippen LogP contribution in [0.25, 0.3) is 27.8 Å². The number of carbonyl (C=O) groups is 1. The first-order valence-corrected chi connectivity index (χ1v) is 11.7. The van der Waals surface area contributed by atoms with Crippen LogP contribution >= 0.6 is 0 Å². The average Bonchev–Trinajstić information content (AvgIpc) is 3.24. The smallest absolute Gasteiger partial charge is 0.262 e. The number of hydrogen-bond acceptors (Lipinski definition) is 2. The summed E-state index contributed by atoms with van der Waals surface area (Å²) >= 11 is 0. The van der Waals surface area contributed by atoms with Crippen molar-refractivity contribution in [3.05, 3.63) is 126 Å². The number of nitrogens with zero attached hydrogens (tertiary/aromatic N) is 2. The summed E-state index contributed by atoms with van der Waals surface area (Å²) < 4.78 is 2.17. The monoisotopic (exact) mass is 455 g/mol. The van der Waals surface area contributed by atoms with Gasteiger partial charge in [0.25, 0.3) is 5.91 Å². The second-order valence-electron chi connectivity index (χ2n) is 8.69. The van der Waals surface area contributed by atoms with Crippen LogP contribution in [-0.2, 0) is 11.3 Å². The van der Waals surface area contributed by atoms with E-state index >= 15 is 0 Å². The van der Waals surface area contributed by atoms with Gasteiger partial charge in [-0.15, -0.1) is 0 Å². The number of nitrogens with one attached hydrogen (secondary N) is 1. The number of aromatic nitrogens is 1. The second kappa shape index (κ2) is 9.70. The van der Waals surface area contributed by atoms with Gasteiger partial charge in [-0.3, -0.25) is 4.79 Å². The highest BCUT2D eigenvalue weighted by molar-refractivity contribution is 6.04. The summed E-state index contributed by atoms with van der Waals surface area (Å²) in [6, 6.07) is 34.5. The Morgan fingerprint density at radius 3 is 2.46 bits per heavy atom. The van der Waals surface area contributed by atoms with E-state index in [2.05, 4.69) is 52.4 Å². The van der Waals surface area contributed by atoms with Crippen molar-refractivity contribution < 1.29 is 4.79 Å². The maximum atomic E-state index is 12.9. The van der Waals surface area contributed by atoms with E-state index in [0.717, 1.165) is 22.0 Å². The van der Waals surface area contributed by atoms with E-state index in [1.165, 1.54) is 16.3 Å². The van der Waals surface area contributed by atoms with Crippen LogP contribution in [-0.4, -0.2) is 10.5 Å². The average molecular weight is 456 g/mol.